The summed E-state index contributed by atoms with van der Waals surface area (Å²) in [4.78, 5) is 0. The van der Waals surface area contributed by atoms with Crippen molar-refractivity contribution in [3.05, 3.63) is 47.5 Å². The Labute approximate surface area is 98.6 Å². The normalized spacial score (nSPS) is 13.5. The van der Waals surface area contributed by atoms with E-state index < -0.39 is 17.8 Å². The van der Waals surface area contributed by atoms with Crippen LogP contribution >= 0.6 is 0 Å². The average Bonchev–Trinajstić information content (AvgIpc) is 2.15. The minimum absolute atomic E-state index is 0.205. The van der Waals surface area contributed by atoms with Gasteiger partial charge in [0.1, 0.15) is 0 Å². The second-order valence-electron chi connectivity index (χ2n) is 4.22. The number of halogens is 3. The second kappa shape index (κ2) is 5.36. The van der Waals surface area contributed by atoms with Crippen molar-refractivity contribution in [3.8, 4) is 0 Å². The summed E-state index contributed by atoms with van der Waals surface area (Å²) in [6.07, 6.45) is -4.42. The molecule has 0 heterocycles. The lowest BCUT2D eigenvalue weighted by Gasteiger charge is -2.12. The molecule has 0 aliphatic rings. The molecule has 1 nitrogen and oxygen atoms in total. The predicted octanol–water partition coefficient (Wildman–Crippen LogP) is 3.58. The second-order valence-corrected chi connectivity index (χ2v) is 4.22. The lowest BCUT2D eigenvalue weighted by atomic mass is 10.0. The minimum Gasteiger partial charge on any atom is -0.392 e. The molecule has 1 aromatic carbocycles. The fourth-order valence-corrected chi connectivity index (χ4v) is 1.62. The van der Waals surface area contributed by atoms with E-state index in [0.29, 0.717) is 12.0 Å². The highest BCUT2D eigenvalue weighted by atomic mass is 19.4. The van der Waals surface area contributed by atoms with Crippen LogP contribution in [0.15, 0.2) is 36.4 Å². The van der Waals surface area contributed by atoms with E-state index >= 15 is 0 Å². The van der Waals surface area contributed by atoms with Gasteiger partial charge in [-0.1, -0.05) is 23.8 Å². The fraction of sp³-hybridized carbons (Fsp3) is 0.385. The number of alkyl halides is 3. The zero-order valence-corrected chi connectivity index (χ0v) is 9.59. The highest BCUT2D eigenvalue weighted by Gasteiger charge is 2.30. The Morgan fingerprint density at radius 3 is 2.59 bits per heavy atom. The predicted molar refractivity (Wildman–Crippen MR) is 60.6 cm³/mol. The van der Waals surface area contributed by atoms with E-state index in [1.54, 1.807) is 13.0 Å². The molecule has 0 aliphatic heterocycles. The van der Waals surface area contributed by atoms with Crippen molar-refractivity contribution < 1.29 is 18.3 Å². The van der Waals surface area contributed by atoms with Crippen LogP contribution in [-0.2, 0) is 12.6 Å². The number of hydrogen-bond acceptors (Lipinski definition) is 1. The Balaban J connectivity index is 2.76. The maximum Gasteiger partial charge on any atom is 0.416 e. The van der Waals surface area contributed by atoms with E-state index in [-0.39, 0.29) is 6.42 Å². The molecule has 0 saturated carbocycles. The number of benzene rings is 1. The van der Waals surface area contributed by atoms with Crippen LogP contribution < -0.4 is 0 Å². The summed E-state index contributed by atoms with van der Waals surface area (Å²) >= 11 is 0. The molecule has 0 fully saturated rings. The summed E-state index contributed by atoms with van der Waals surface area (Å²) in [5, 5.41) is 9.62. The average molecular weight is 244 g/mol. The van der Waals surface area contributed by atoms with Gasteiger partial charge in [-0.3, -0.25) is 0 Å². The topological polar surface area (TPSA) is 20.2 Å². The minimum atomic E-state index is -4.34. The summed E-state index contributed by atoms with van der Waals surface area (Å²) in [7, 11) is 0. The van der Waals surface area contributed by atoms with Crippen LogP contribution in [0, 0.1) is 0 Å². The van der Waals surface area contributed by atoms with E-state index in [0.717, 1.165) is 17.7 Å². The first-order valence-electron chi connectivity index (χ1n) is 5.27. The molecule has 94 valence electrons. The molecule has 0 bridgehead atoms. The quantitative estimate of drug-likeness (QED) is 0.803. The maximum atomic E-state index is 12.4. The van der Waals surface area contributed by atoms with Crippen LogP contribution in [0.25, 0.3) is 0 Å². The summed E-state index contributed by atoms with van der Waals surface area (Å²) in [6, 6.07) is 5.03. The summed E-state index contributed by atoms with van der Waals surface area (Å²) in [5.41, 5.74) is 0.607. The van der Waals surface area contributed by atoms with E-state index in [4.69, 9.17) is 0 Å². The van der Waals surface area contributed by atoms with Crippen molar-refractivity contribution >= 4 is 0 Å². The first-order valence-corrected chi connectivity index (χ1v) is 5.27. The fourth-order valence-electron chi connectivity index (χ4n) is 1.62. The molecule has 0 spiro atoms. The van der Waals surface area contributed by atoms with Gasteiger partial charge in [-0.2, -0.15) is 13.2 Å². The van der Waals surface area contributed by atoms with Gasteiger partial charge in [-0.15, -0.1) is 6.58 Å². The molecule has 0 radical (unpaired) electrons. The van der Waals surface area contributed by atoms with Crippen molar-refractivity contribution in [1.29, 1.82) is 0 Å². The molecule has 1 rings (SSSR count). The van der Waals surface area contributed by atoms with Gasteiger partial charge in [0.15, 0.2) is 0 Å². The van der Waals surface area contributed by atoms with Crippen molar-refractivity contribution in [3.63, 3.8) is 0 Å². The van der Waals surface area contributed by atoms with Crippen molar-refractivity contribution in [1.82, 2.24) is 0 Å². The van der Waals surface area contributed by atoms with Gasteiger partial charge >= 0.3 is 6.18 Å². The smallest absolute Gasteiger partial charge is 0.392 e. The van der Waals surface area contributed by atoms with Gasteiger partial charge < -0.3 is 5.11 Å². The monoisotopic (exact) mass is 244 g/mol. The number of rotatable bonds is 4. The number of aliphatic hydroxyl groups excluding tert-OH is 1. The molecule has 1 aromatic rings. The van der Waals surface area contributed by atoms with Crippen LogP contribution in [0.5, 0.6) is 0 Å². The van der Waals surface area contributed by atoms with Crippen molar-refractivity contribution in [2.24, 2.45) is 0 Å². The number of aliphatic hydroxyl groups is 1. The molecular formula is C13H15F3O. The van der Waals surface area contributed by atoms with Crippen LogP contribution in [0.4, 0.5) is 13.2 Å². The Hall–Kier alpha value is -1.29. The molecule has 1 N–H and O–H groups in total. The zero-order chi connectivity index (χ0) is 13.1. The van der Waals surface area contributed by atoms with Crippen LogP contribution in [-0.4, -0.2) is 11.2 Å². The highest BCUT2D eigenvalue weighted by Crippen LogP contribution is 2.29. The van der Waals surface area contributed by atoms with Crippen LogP contribution in [0.3, 0.4) is 0 Å². The molecule has 17 heavy (non-hydrogen) atoms. The van der Waals surface area contributed by atoms with E-state index in [1.807, 2.05) is 0 Å². The standard InChI is InChI=1S/C13H15F3O/c1-9(2)6-12(17)8-10-4-3-5-11(7-10)13(14,15)16/h3-5,7,12,17H,1,6,8H2,2H3. The van der Waals surface area contributed by atoms with Crippen LogP contribution in [0.1, 0.15) is 24.5 Å². The summed E-state index contributed by atoms with van der Waals surface area (Å²) < 4.78 is 37.3. The Morgan fingerprint density at radius 2 is 2.06 bits per heavy atom. The van der Waals surface area contributed by atoms with Gasteiger partial charge in [0.05, 0.1) is 11.7 Å². The largest absolute Gasteiger partial charge is 0.416 e. The summed E-state index contributed by atoms with van der Waals surface area (Å²) in [6.45, 7) is 5.43. The van der Waals surface area contributed by atoms with Crippen LogP contribution in [0.2, 0.25) is 0 Å². The van der Waals surface area contributed by atoms with E-state index in [9.17, 15) is 18.3 Å². The van der Waals surface area contributed by atoms with Crippen molar-refractivity contribution in [2.45, 2.75) is 32.0 Å². The zero-order valence-electron chi connectivity index (χ0n) is 9.59. The molecule has 1 unspecified atom stereocenters. The third kappa shape index (κ3) is 4.61. The van der Waals surface area contributed by atoms with Gasteiger partial charge in [0.25, 0.3) is 0 Å². The Morgan fingerprint density at radius 1 is 1.41 bits per heavy atom. The first-order chi connectivity index (χ1) is 7.79. The highest BCUT2D eigenvalue weighted by molar-refractivity contribution is 5.26. The van der Waals surface area contributed by atoms with Gasteiger partial charge in [0, 0.05) is 0 Å². The molecule has 0 amide bonds. The number of hydrogen-bond donors (Lipinski definition) is 1. The maximum absolute atomic E-state index is 12.4. The molecule has 4 heteroatoms. The Kier molecular flexibility index (Phi) is 4.34. The molecule has 1 atom stereocenters. The first kappa shape index (κ1) is 13.8. The van der Waals surface area contributed by atoms with Crippen molar-refractivity contribution in [2.75, 3.05) is 0 Å². The Bertz CT molecular complexity index is 396. The third-order valence-corrected chi connectivity index (χ3v) is 2.31. The van der Waals surface area contributed by atoms with Gasteiger partial charge in [0.2, 0.25) is 0 Å². The molecular weight excluding hydrogens is 229 g/mol. The van der Waals surface area contributed by atoms with Gasteiger partial charge in [-0.05, 0) is 31.4 Å². The molecule has 0 aliphatic carbocycles. The molecule has 0 saturated heterocycles. The molecule has 0 aromatic heterocycles. The third-order valence-electron chi connectivity index (χ3n) is 2.31. The van der Waals surface area contributed by atoms with E-state index in [1.165, 1.54) is 6.07 Å². The van der Waals surface area contributed by atoms with E-state index in [2.05, 4.69) is 6.58 Å². The SMILES string of the molecule is C=C(C)CC(O)Cc1cccc(C(F)(F)F)c1. The lowest BCUT2D eigenvalue weighted by Crippen LogP contribution is -2.12. The summed E-state index contributed by atoms with van der Waals surface area (Å²) in [5.74, 6) is 0. The lowest BCUT2D eigenvalue weighted by molar-refractivity contribution is -0.137. The van der Waals surface area contributed by atoms with Gasteiger partial charge in [-0.25, -0.2) is 0 Å².